The predicted molar refractivity (Wildman–Crippen MR) is 91.7 cm³/mol. The zero-order valence-corrected chi connectivity index (χ0v) is 18.4. The maximum absolute atomic E-state index is 12.4. The van der Waals surface area contributed by atoms with E-state index in [-0.39, 0.29) is 59.9 Å². The molecule has 0 spiro atoms. The fourth-order valence-electron chi connectivity index (χ4n) is 2.77. The summed E-state index contributed by atoms with van der Waals surface area (Å²) in [5.74, 6) is -2.59. The minimum absolute atomic E-state index is 0. The summed E-state index contributed by atoms with van der Waals surface area (Å²) in [4.78, 5) is 48.9. The Kier molecular flexibility index (Phi) is 7.52. The normalized spacial score (nSPS) is 20.9. The van der Waals surface area contributed by atoms with Gasteiger partial charge in [0.05, 0.1) is 18.1 Å². The van der Waals surface area contributed by atoms with Crippen LogP contribution in [0.1, 0.15) is 11.8 Å². The van der Waals surface area contributed by atoms with Crippen LogP contribution in [-0.2, 0) is 30.3 Å². The number of nitrogens with zero attached hydrogens (tertiary/aromatic N) is 1. The van der Waals surface area contributed by atoms with Crippen LogP contribution in [0.2, 0.25) is 0 Å². The van der Waals surface area contributed by atoms with Crippen molar-refractivity contribution in [2.45, 2.75) is 24.8 Å². The van der Waals surface area contributed by atoms with Gasteiger partial charge in [0.25, 0.3) is 5.91 Å². The van der Waals surface area contributed by atoms with E-state index in [1.165, 1.54) is 30.0 Å². The number of thioether (sulfide) groups is 1. The van der Waals surface area contributed by atoms with Gasteiger partial charge in [-0.15, -0.1) is 23.1 Å². The average Bonchev–Trinajstić information content (AvgIpc) is 3.09. The second kappa shape index (κ2) is 9.24. The van der Waals surface area contributed by atoms with Gasteiger partial charge in [0.15, 0.2) is 0 Å². The molecule has 1 saturated heterocycles. The number of carboxylic acid groups (broad SMARTS) is 1. The zero-order valence-electron chi connectivity index (χ0n) is 14.7. The minimum Gasteiger partial charge on any atom is -0.543 e. The number of carboxylic acids is 1. The molecule has 0 aromatic carbocycles. The third-order valence-electron chi connectivity index (χ3n) is 3.92. The molecule has 0 bridgehead atoms. The number of fused-ring (bicyclic) bond motifs is 1. The molecule has 0 saturated carbocycles. The molecule has 1 aromatic heterocycles. The molecule has 1 N–H and O–H groups in total. The number of hydrogen-bond acceptors (Lipinski definition) is 8. The number of nitrogens with one attached hydrogen (secondary N) is 1. The molecule has 138 valence electrons. The molecule has 2 aliphatic heterocycles. The Morgan fingerprint density at radius 2 is 2.15 bits per heavy atom. The molecule has 0 aliphatic carbocycles. The van der Waals surface area contributed by atoms with Crippen molar-refractivity contribution in [1.29, 1.82) is 0 Å². The number of carbonyl (C=O) groups excluding carboxylic acids is 4. The third-order valence-corrected chi connectivity index (χ3v) is 6.14. The van der Waals surface area contributed by atoms with Crippen LogP contribution < -0.4 is 40.0 Å². The minimum atomic E-state index is -1.51. The second-order valence-corrected chi connectivity index (χ2v) is 7.87. The van der Waals surface area contributed by atoms with Crippen LogP contribution >= 0.6 is 23.1 Å². The second-order valence-electron chi connectivity index (χ2n) is 5.73. The average molecular weight is 418 g/mol. The van der Waals surface area contributed by atoms with Crippen LogP contribution in [0.25, 0.3) is 0 Å². The Labute approximate surface area is 185 Å². The molecule has 8 nitrogen and oxygen atoms in total. The van der Waals surface area contributed by atoms with Crippen LogP contribution in [-0.4, -0.2) is 52.4 Å². The van der Waals surface area contributed by atoms with E-state index in [1.54, 1.807) is 0 Å². The first-order valence-electron chi connectivity index (χ1n) is 7.71. The third kappa shape index (κ3) is 4.75. The summed E-state index contributed by atoms with van der Waals surface area (Å²) in [6.07, 6.45) is 0.166. The molecule has 3 rings (SSSR count). The van der Waals surface area contributed by atoms with Crippen LogP contribution in [0.3, 0.4) is 0 Å². The molecular weight excluding hydrogens is 403 g/mol. The maximum Gasteiger partial charge on any atom is 1.00 e. The summed E-state index contributed by atoms with van der Waals surface area (Å²) >= 11 is 2.75. The van der Waals surface area contributed by atoms with Gasteiger partial charge in [-0.05, 0) is 11.4 Å². The number of β-lactam (4-membered cyclic amide) rings is 1. The van der Waals surface area contributed by atoms with Crippen LogP contribution in [0.4, 0.5) is 0 Å². The van der Waals surface area contributed by atoms with Crippen molar-refractivity contribution in [3.8, 4) is 0 Å². The van der Waals surface area contributed by atoms with Gasteiger partial charge in [-0.3, -0.25) is 19.3 Å². The summed E-state index contributed by atoms with van der Waals surface area (Å²) in [5, 5.41) is 15.5. The fourth-order valence-corrected chi connectivity index (χ4v) is 4.80. The van der Waals surface area contributed by atoms with E-state index >= 15 is 0 Å². The number of thiophene rings is 1. The summed E-state index contributed by atoms with van der Waals surface area (Å²) in [5.41, 5.74) is 0.0296. The summed E-state index contributed by atoms with van der Waals surface area (Å²) in [7, 11) is 0. The van der Waals surface area contributed by atoms with Gasteiger partial charge >= 0.3 is 35.5 Å². The number of rotatable bonds is 6. The number of ether oxygens (including phenoxy) is 1. The van der Waals surface area contributed by atoms with Crippen molar-refractivity contribution in [3.63, 3.8) is 0 Å². The van der Waals surface area contributed by atoms with Crippen LogP contribution in [0, 0.1) is 0 Å². The number of esters is 1. The quantitative estimate of drug-likeness (QED) is 0.287. The molecule has 1 fully saturated rings. The molecular formula is C16H15N2NaO6S2. The molecule has 3 heterocycles. The van der Waals surface area contributed by atoms with Crippen molar-refractivity contribution >= 4 is 46.9 Å². The Bertz CT molecular complexity index is 795. The van der Waals surface area contributed by atoms with E-state index in [0.29, 0.717) is 5.57 Å². The Morgan fingerprint density at radius 1 is 1.41 bits per heavy atom. The van der Waals surface area contributed by atoms with Crippen molar-refractivity contribution in [1.82, 2.24) is 10.2 Å². The molecule has 2 aliphatic rings. The molecule has 2 amide bonds. The smallest absolute Gasteiger partial charge is 0.543 e. The van der Waals surface area contributed by atoms with Crippen LogP contribution in [0.5, 0.6) is 0 Å². The van der Waals surface area contributed by atoms with Gasteiger partial charge in [0.1, 0.15) is 18.0 Å². The Hall–Kier alpha value is -1.33. The molecule has 1 aromatic rings. The van der Waals surface area contributed by atoms with Gasteiger partial charge in [0.2, 0.25) is 5.91 Å². The zero-order chi connectivity index (χ0) is 18.8. The number of carbonyl (C=O) groups is 4. The van der Waals surface area contributed by atoms with Gasteiger partial charge in [-0.25, -0.2) is 0 Å². The maximum atomic E-state index is 12.4. The predicted octanol–water partition coefficient (Wildman–Crippen LogP) is -3.74. The standard InChI is InChI=1S/C16H16N2O6S2.Na/c1-8(19)24-6-9-7-26-15-12(14(21)18(15)13(9)16(22)23)17-11(20)5-10-3-2-4-25-10;/h2-4,12,15H,5-7H2,1H3,(H,17,20)(H,22,23);/q;+1/p-1/t12-,15?;/m1./s1. The largest absolute Gasteiger partial charge is 1.00 e. The molecule has 1 unspecified atom stereocenters. The number of hydrogen-bond donors (Lipinski definition) is 1. The van der Waals surface area contributed by atoms with Crippen molar-refractivity contribution in [3.05, 3.63) is 33.7 Å². The summed E-state index contributed by atoms with van der Waals surface area (Å²) in [6.45, 7) is 1.00. The first-order valence-corrected chi connectivity index (χ1v) is 9.64. The van der Waals surface area contributed by atoms with Gasteiger partial charge in [0, 0.05) is 23.1 Å². The van der Waals surface area contributed by atoms with E-state index in [2.05, 4.69) is 5.32 Å². The molecule has 0 radical (unpaired) electrons. The summed E-state index contributed by atoms with van der Waals surface area (Å²) < 4.78 is 4.85. The van der Waals surface area contributed by atoms with Crippen LogP contribution in [0.15, 0.2) is 28.8 Å². The van der Waals surface area contributed by atoms with E-state index in [0.717, 1.165) is 9.78 Å². The van der Waals surface area contributed by atoms with E-state index in [9.17, 15) is 24.3 Å². The van der Waals surface area contributed by atoms with Gasteiger partial charge in [-0.2, -0.15) is 0 Å². The number of aliphatic carboxylic acids is 1. The molecule has 11 heteroatoms. The Balaban J connectivity index is 0.00000261. The summed E-state index contributed by atoms with van der Waals surface area (Å²) in [6, 6.07) is 2.88. The van der Waals surface area contributed by atoms with Gasteiger partial charge < -0.3 is 20.0 Å². The first-order chi connectivity index (χ1) is 12.4. The first kappa shape index (κ1) is 22.0. The van der Waals surface area contributed by atoms with E-state index in [4.69, 9.17) is 4.74 Å². The van der Waals surface area contributed by atoms with Crippen molar-refractivity contribution in [2.24, 2.45) is 0 Å². The fraction of sp³-hybridized carbons (Fsp3) is 0.375. The topological polar surface area (TPSA) is 116 Å². The number of amides is 2. The SMILES string of the molecule is CC(=O)OCC1=C(C(=O)[O-])N2C(=O)[C@@H](NC(=O)Cc3cccs3)C2SC1.[Na+]. The molecule has 2 atom stereocenters. The Morgan fingerprint density at radius 3 is 2.74 bits per heavy atom. The van der Waals surface area contributed by atoms with E-state index in [1.807, 2.05) is 17.5 Å². The monoisotopic (exact) mass is 418 g/mol. The van der Waals surface area contributed by atoms with Crippen molar-refractivity contribution in [2.75, 3.05) is 12.4 Å². The van der Waals surface area contributed by atoms with E-state index < -0.39 is 29.3 Å². The van der Waals surface area contributed by atoms with Gasteiger partial charge in [-0.1, -0.05) is 6.07 Å². The molecule has 27 heavy (non-hydrogen) atoms. The van der Waals surface area contributed by atoms with Crippen molar-refractivity contribution < 1.29 is 58.6 Å².